The summed E-state index contributed by atoms with van der Waals surface area (Å²) in [6.45, 7) is -2.22. The van der Waals surface area contributed by atoms with Crippen LogP contribution in [0.1, 0.15) is 5.56 Å². The lowest BCUT2D eigenvalue weighted by Crippen LogP contribution is -2.38. The van der Waals surface area contributed by atoms with E-state index in [0.29, 0.717) is 5.56 Å². The monoisotopic (exact) mass is 362 g/mol. The van der Waals surface area contributed by atoms with E-state index in [2.05, 4.69) is 0 Å². The molecule has 2 aromatic rings. The lowest BCUT2D eigenvalue weighted by atomic mass is 10.2. The fourth-order valence-corrected chi connectivity index (χ4v) is 3.63. The Morgan fingerprint density at radius 1 is 1.00 bits per heavy atom. The van der Waals surface area contributed by atoms with E-state index in [1.54, 1.807) is 18.2 Å². The Kier molecular flexibility index (Phi) is 5.14. The predicted molar refractivity (Wildman–Crippen MR) is 80.9 cm³/mol. The zero-order chi connectivity index (χ0) is 18.0. The lowest BCUT2D eigenvalue weighted by Gasteiger charge is -2.24. The van der Waals surface area contributed by atoms with Gasteiger partial charge in [-0.1, -0.05) is 36.4 Å². The van der Waals surface area contributed by atoms with Crippen LogP contribution in [0, 0.1) is 5.82 Å². The lowest BCUT2D eigenvalue weighted by molar-refractivity contribution is -0.136. The Bertz CT molecular complexity index is 808. The summed E-state index contributed by atoms with van der Waals surface area (Å²) in [6, 6.07) is 10.8. The van der Waals surface area contributed by atoms with Crippen LogP contribution in [0.25, 0.3) is 0 Å². The Morgan fingerprint density at radius 3 is 2.21 bits per heavy atom. The van der Waals surface area contributed by atoms with Crippen molar-refractivity contribution < 1.29 is 26.0 Å². The molecule has 130 valence electrons. The average molecular weight is 362 g/mol. The highest BCUT2D eigenvalue weighted by Crippen LogP contribution is 2.28. The van der Waals surface area contributed by atoms with Crippen LogP contribution in [0.4, 0.5) is 23.2 Å². The number of benzene rings is 2. The molecule has 2 rings (SSSR count). The third-order valence-corrected chi connectivity index (χ3v) is 5.04. The van der Waals surface area contributed by atoms with Crippen LogP contribution < -0.4 is 5.73 Å². The van der Waals surface area contributed by atoms with Gasteiger partial charge in [-0.05, 0) is 17.7 Å². The van der Waals surface area contributed by atoms with Crippen LogP contribution in [0.15, 0.2) is 53.4 Å². The Balaban J connectivity index is 2.47. The number of nitrogens with two attached hydrogens (primary N) is 1. The molecule has 4 nitrogen and oxygen atoms in total. The van der Waals surface area contributed by atoms with E-state index in [0.717, 1.165) is 18.2 Å². The molecule has 0 heterocycles. The average Bonchev–Trinajstić information content (AvgIpc) is 2.49. The number of hydrogen-bond acceptors (Lipinski definition) is 3. The molecule has 0 aliphatic rings. The second-order valence-corrected chi connectivity index (χ2v) is 6.93. The zero-order valence-electron chi connectivity index (χ0n) is 12.3. The van der Waals surface area contributed by atoms with Gasteiger partial charge in [0.05, 0.1) is 5.69 Å². The maximum absolute atomic E-state index is 13.5. The van der Waals surface area contributed by atoms with Crippen LogP contribution in [-0.2, 0) is 16.6 Å². The molecule has 0 atom stereocenters. The van der Waals surface area contributed by atoms with Gasteiger partial charge in [0.2, 0.25) is 10.0 Å². The second kappa shape index (κ2) is 6.78. The molecule has 9 heteroatoms. The third-order valence-electron chi connectivity index (χ3n) is 3.19. The number of para-hydroxylation sites is 1. The zero-order valence-corrected chi connectivity index (χ0v) is 13.1. The van der Waals surface area contributed by atoms with Crippen molar-refractivity contribution in [1.82, 2.24) is 4.31 Å². The molecule has 0 fully saturated rings. The summed E-state index contributed by atoms with van der Waals surface area (Å²) in [5, 5.41) is 0. The van der Waals surface area contributed by atoms with Gasteiger partial charge in [0.1, 0.15) is 17.3 Å². The topological polar surface area (TPSA) is 63.4 Å². The van der Waals surface area contributed by atoms with E-state index in [1.807, 2.05) is 0 Å². The SMILES string of the molecule is Nc1c(F)cccc1S(=O)(=O)N(Cc1ccccc1)CC(F)(F)F. The molecule has 0 bridgehead atoms. The Hall–Kier alpha value is -2.13. The highest BCUT2D eigenvalue weighted by Gasteiger charge is 2.38. The summed E-state index contributed by atoms with van der Waals surface area (Å²) in [5.41, 5.74) is 5.05. The largest absolute Gasteiger partial charge is 0.402 e. The highest BCUT2D eigenvalue weighted by atomic mass is 32.2. The van der Waals surface area contributed by atoms with Gasteiger partial charge in [-0.25, -0.2) is 12.8 Å². The van der Waals surface area contributed by atoms with Gasteiger partial charge < -0.3 is 5.73 Å². The summed E-state index contributed by atoms with van der Waals surface area (Å²) < 4.78 is 77.3. The molecule has 0 amide bonds. The van der Waals surface area contributed by atoms with Gasteiger partial charge in [-0.3, -0.25) is 0 Å². The summed E-state index contributed by atoms with van der Waals surface area (Å²) in [5.74, 6) is -1.01. The number of rotatable bonds is 5. The van der Waals surface area contributed by atoms with Crippen molar-refractivity contribution in [3.63, 3.8) is 0 Å². The van der Waals surface area contributed by atoms with Gasteiger partial charge in [-0.15, -0.1) is 0 Å². The van der Waals surface area contributed by atoms with Crippen LogP contribution in [0.3, 0.4) is 0 Å². The van der Waals surface area contributed by atoms with Crippen LogP contribution in [0.2, 0.25) is 0 Å². The second-order valence-electron chi connectivity index (χ2n) is 5.03. The molecule has 0 saturated carbocycles. The van der Waals surface area contributed by atoms with Gasteiger partial charge in [0.15, 0.2) is 0 Å². The Morgan fingerprint density at radius 2 is 1.62 bits per heavy atom. The van der Waals surface area contributed by atoms with Crippen molar-refractivity contribution in [3.8, 4) is 0 Å². The minimum atomic E-state index is -4.76. The first kappa shape index (κ1) is 18.2. The maximum Gasteiger partial charge on any atom is 0.402 e. The third kappa shape index (κ3) is 4.24. The number of sulfonamides is 1. The highest BCUT2D eigenvalue weighted by molar-refractivity contribution is 7.89. The first-order valence-corrected chi connectivity index (χ1v) is 8.20. The van der Waals surface area contributed by atoms with Gasteiger partial charge in [0.25, 0.3) is 0 Å². The molecule has 0 aromatic heterocycles. The van der Waals surface area contributed by atoms with Crippen molar-refractivity contribution in [2.24, 2.45) is 0 Å². The molecule has 2 aromatic carbocycles. The van der Waals surface area contributed by atoms with Gasteiger partial charge in [-0.2, -0.15) is 17.5 Å². The summed E-state index contributed by atoms with van der Waals surface area (Å²) in [4.78, 5) is -0.692. The Labute approximate surface area is 136 Å². The van der Waals surface area contributed by atoms with E-state index in [-0.39, 0.29) is 4.31 Å². The van der Waals surface area contributed by atoms with Crippen molar-refractivity contribution in [1.29, 1.82) is 0 Å². The van der Waals surface area contributed by atoms with Crippen molar-refractivity contribution in [2.75, 3.05) is 12.3 Å². The van der Waals surface area contributed by atoms with E-state index in [1.165, 1.54) is 12.1 Å². The minimum Gasteiger partial charge on any atom is -0.395 e. The quantitative estimate of drug-likeness (QED) is 0.656. The summed E-state index contributed by atoms with van der Waals surface area (Å²) in [6.07, 6.45) is -4.76. The minimum absolute atomic E-state index is 0.230. The normalized spacial score (nSPS) is 12.5. The predicted octanol–water partition coefficient (Wildman–Crippen LogP) is 3.16. The first-order chi connectivity index (χ1) is 11.1. The number of nitrogen functional groups attached to an aromatic ring is 1. The van der Waals surface area contributed by atoms with Gasteiger partial charge in [0, 0.05) is 6.54 Å². The molecule has 0 aliphatic heterocycles. The van der Waals surface area contributed by atoms with E-state index in [4.69, 9.17) is 5.73 Å². The van der Waals surface area contributed by atoms with Crippen molar-refractivity contribution in [2.45, 2.75) is 17.6 Å². The van der Waals surface area contributed by atoms with Crippen LogP contribution in [0.5, 0.6) is 0 Å². The molecule has 24 heavy (non-hydrogen) atoms. The summed E-state index contributed by atoms with van der Waals surface area (Å²) in [7, 11) is -4.64. The maximum atomic E-state index is 13.5. The van der Waals surface area contributed by atoms with E-state index >= 15 is 0 Å². The number of halogens is 4. The molecule has 0 aliphatic carbocycles. The van der Waals surface area contributed by atoms with Crippen molar-refractivity contribution >= 4 is 15.7 Å². The molecular formula is C15H14F4N2O2S. The number of hydrogen-bond donors (Lipinski definition) is 1. The summed E-state index contributed by atoms with van der Waals surface area (Å²) >= 11 is 0. The van der Waals surface area contributed by atoms with Crippen LogP contribution in [-0.4, -0.2) is 25.4 Å². The molecular weight excluding hydrogens is 348 g/mol. The fraction of sp³-hybridized carbons (Fsp3) is 0.200. The van der Waals surface area contributed by atoms with Gasteiger partial charge >= 0.3 is 6.18 Å². The number of alkyl halides is 3. The molecule has 0 unspecified atom stereocenters. The molecule has 2 N–H and O–H groups in total. The first-order valence-electron chi connectivity index (χ1n) is 6.76. The standard InChI is InChI=1S/C15H14F4N2O2S/c16-12-7-4-8-13(14(12)20)24(22,23)21(10-15(17,18)19)9-11-5-2-1-3-6-11/h1-8H,9-10,20H2. The molecule has 0 spiro atoms. The fourth-order valence-electron chi connectivity index (χ4n) is 2.09. The van der Waals surface area contributed by atoms with E-state index < -0.39 is 45.7 Å². The van der Waals surface area contributed by atoms with Crippen LogP contribution >= 0.6 is 0 Å². The van der Waals surface area contributed by atoms with E-state index in [9.17, 15) is 26.0 Å². The van der Waals surface area contributed by atoms with Crippen molar-refractivity contribution in [3.05, 3.63) is 59.9 Å². The number of nitrogens with zero attached hydrogens (tertiary/aromatic N) is 1. The molecule has 0 radical (unpaired) electrons. The number of anilines is 1. The molecule has 0 saturated heterocycles. The smallest absolute Gasteiger partial charge is 0.395 e.